The van der Waals surface area contributed by atoms with E-state index in [-0.39, 0.29) is 29.7 Å². The molecule has 0 bridgehead atoms. The fourth-order valence-electron chi connectivity index (χ4n) is 3.96. The molecule has 1 heterocycles. The first-order valence-corrected chi connectivity index (χ1v) is 12.2. The Balaban J connectivity index is 2.00. The Morgan fingerprint density at radius 3 is 2.45 bits per heavy atom. The Morgan fingerprint density at radius 2 is 1.88 bits per heavy atom. The van der Waals surface area contributed by atoms with Crippen molar-refractivity contribution in [3.05, 3.63) is 18.0 Å². The van der Waals surface area contributed by atoms with Gasteiger partial charge in [0.2, 0.25) is 0 Å². The fourth-order valence-corrected chi connectivity index (χ4v) is 3.96. The van der Waals surface area contributed by atoms with E-state index in [2.05, 4.69) is 25.8 Å². The summed E-state index contributed by atoms with van der Waals surface area (Å²) in [5.41, 5.74) is -0.104. The molecule has 0 radical (unpaired) electrons. The number of nitrogens with zero attached hydrogens (tertiary/aromatic N) is 1. The smallest absolute Gasteiger partial charge is 0.309 e. The van der Waals surface area contributed by atoms with Gasteiger partial charge in [-0.2, -0.15) is 0 Å². The predicted octanol–water partition coefficient (Wildman–Crippen LogP) is 5.19. The zero-order valence-electron chi connectivity index (χ0n) is 21.0. The Labute approximate surface area is 198 Å². The minimum Gasteiger partial charge on any atom is -0.503 e. The van der Waals surface area contributed by atoms with E-state index in [1.54, 1.807) is 6.92 Å². The third kappa shape index (κ3) is 8.29. The van der Waals surface area contributed by atoms with Crippen molar-refractivity contribution < 1.29 is 28.9 Å². The number of aromatic nitrogens is 1. The number of ether oxygens (including phenoxy) is 3. The van der Waals surface area contributed by atoms with E-state index < -0.39 is 23.8 Å². The van der Waals surface area contributed by atoms with E-state index in [0.29, 0.717) is 24.4 Å². The highest BCUT2D eigenvalue weighted by atomic mass is 16.6. The molecule has 1 N–H and O–H groups in total. The van der Waals surface area contributed by atoms with Crippen LogP contribution >= 0.6 is 0 Å². The summed E-state index contributed by atoms with van der Waals surface area (Å²) in [4.78, 5) is 29.4. The van der Waals surface area contributed by atoms with Crippen molar-refractivity contribution in [2.75, 3.05) is 13.7 Å². The van der Waals surface area contributed by atoms with Crippen molar-refractivity contribution in [1.29, 1.82) is 0 Å². The number of esters is 1. The first-order valence-electron chi connectivity index (χ1n) is 12.2. The first kappa shape index (κ1) is 27.1. The van der Waals surface area contributed by atoms with Crippen LogP contribution < -0.4 is 4.74 Å². The second-order valence-corrected chi connectivity index (χ2v) is 9.76. The van der Waals surface area contributed by atoms with Crippen LogP contribution in [0.25, 0.3) is 0 Å². The molecule has 2 rings (SSSR count). The number of methoxy groups -OCH3 is 1. The van der Waals surface area contributed by atoms with Gasteiger partial charge in [0.25, 0.3) is 0 Å². The Hall–Kier alpha value is -2.15. The number of ketones is 1. The van der Waals surface area contributed by atoms with Gasteiger partial charge in [0, 0.05) is 25.3 Å². The van der Waals surface area contributed by atoms with Crippen LogP contribution in [0.15, 0.2) is 12.3 Å². The molecule has 4 atom stereocenters. The normalized spacial score (nSPS) is 17.3. The van der Waals surface area contributed by atoms with Gasteiger partial charge in [-0.25, -0.2) is 4.98 Å². The van der Waals surface area contributed by atoms with Crippen LogP contribution in [0.2, 0.25) is 0 Å². The second-order valence-electron chi connectivity index (χ2n) is 9.76. The second kappa shape index (κ2) is 12.9. The lowest BCUT2D eigenvalue weighted by Crippen LogP contribution is -2.39. The summed E-state index contributed by atoms with van der Waals surface area (Å²) in [5.74, 6) is -0.170. The van der Waals surface area contributed by atoms with Gasteiger partial charge in [-0.05, 0) is 43.9 Å². The minimum atomic E-state index is -0.674. The molecule has 33 heavy (non-hydrogen) atoms. The van der Waals surface area contributed by atoms with E-state index in [1.807, 2.05) is 6.92 Å². The lowest BCUT2D eigenvalue weighted by Gasteiger charge is -2.32. The zero-order valence-corrected chi connectivity index (χ0v) is 21.0. The molecule has 1 fully saturated rings. The van der Waals surface area contributed by atoms with E-state index >= 15 is 0 Å². The molecule has 0 aliphatic heterocycles. The van der Waals surface area contributed by atoms with Gasteiger partial charge >= 0.3 is 5.97 Å². The maximum Gasteiger partial charge on any atom is 0.309 e. The van der Waals surface area contributed by atoms with Crippen LogP contribution in [0.3, 0.4) is 0 Å². The topological polar surface area (TPSA) is 95.0 Å². The first-order chi connectivity index (χ1) is 15.7. The van der Waals surface area contributed by atoms with Gasteiger partial charge < -0.3 is 19.3 Å². The largest absolute Gasteiger partial charge is 0.503 e. The monoisotopic (exact) mass is 463 g/mol. The number of rotatable bonds is 15. The molecule has 0 unspecified atom stereocenters. The predicted molar refractivity (Wildman–Crippen MR) is 126 cm³/mol. The summed E-state index contributed by atoms with van der Waals surface area (Å²) in [6.45, 7) is 10.8. The van der Waals surface area contributed by atoms with E-state index in [9.17, 15) is 14.7 Å². The average Bonchev–Trinajstić information content (AvgIpc) is 3.60. The highest BCUT2D eigenvalue weighted by Gasteiger charge is 2.33. The zero-order chi connectivity index (χ0) is 24.5. The molecule has 0 spiro atoms. The number of hydrogen-bond donors (Lipinski definition) is 1. The molecule has 7 nitrogen and oxygen atoms in total. The van der Waals surface area contributed by atoms with Crippen LogP contribution in [0, 0.1) is 23.7 Å². The lowest BCUT2D eigenvalue weighted by atomic mass is 9.88. The number of aromatic hydroxyl groups is 1. The summed E-state index contributed by atoms with van der Waals surface area (Å²) in [6, 6.07) is 1.47. The molecular formula is C26H41NO6. The van der Waals surface area contributed by atoms with Gasteiger partial charge in [-0.3, -0.25) is 9.59 Å². The summed E-state index contributed by atoms with van der Waals surface area (Å²) < 4.78 is 17.1. The quantitative estimate of drug-likeness (QED) is 0.282. The standard InChI is InChI=1S/C26H41NO6/c1-7-20(11-8-16(2)3)25(32-15-19-9-10-19)18(5)33-26(30)17(4)14-21(28)23-24(29)22(31-6)12-13-27-23/h12-13,16-20,25,29H,7-11,14-15H2,1-6H3/t17-,18+,20-,25+/m1/s1. The van der Waals surface area contributed by atoms with Gasteiger partial charge in [-0.15, -0.1) is 0 Å². The maximum absolute atomic E-state index is 12.8. The van der Waals surface area contributed by atoms with E-state index in [1.165, 1.54) is 32.2 Å². The van der Waals surface area contributed by atoms with Gasteiger partial charge in [0.1, 0.15) is 6.10 Å². The number of carbonyl (C=O) groups is 2. The number of hydrogen-bond acceptors (Lipinski definition) is 7. The maximum atomic E-state index is 12.8. The molecule has 1 aliphatic rings. The van der Waals surface area contributed by atoms with Gasteiger partial charge in [0.05, 0.1) is 19.1 Å². The SMILES string of the molecule is CC[C@H](CCC(C)C)[C@@H](OCC1CC1)[C@H](C)OC(=O)[C@H](C)CC(=O)c1nccc(OC)c1O. The van der Waals surface area contributed by atoms with Gasteiger partial charge in [-0.1, -0.05) is 40.5 Å². The third-order valence-corrected chi connectivity index (χ3v) is 6.36. The average molecular weight is 464 g/mol. The van der Waals surface area contributed by atoms with Crippen LogP contribution in [-0.4, -0.2) is 47.8 Å². The number of carbonyl (C=O) groups excluding carboxylic acids is 2. The number of Topliss-reactive ketones (excluding diaryl/α,β-unsaturated/α-hetero) is 1. The summed E-state index contributed by atoms with van der Waals surface area (Å²) in [6.07, 6.45) is 6.20. The van der Waals surface area contributed by atoms with Crippen molar-refractivity contribution in [2.45, 2.75) is 85.4 Å². The van der Waals surface area contributed by atoms with Crippen molar-refractivity contribution in [1.82, 2.24) is 4.98 Å². The highest BCUT2D eigenvalue weighted by Crippen LogP contribution is 2.33. The van der Waals surface area contributed by atoms with Crippen LogP contribution in [-0.2, 0) is 14.3 Å². The highest BCUT2D eigenvalue weighted by molar-refractivity contribution is 5.99. The molecule has 186 valence electrons. The summed E-state index contributed by atoms with van der Waals surface area (Å²) >= 11 is 0. The van der Waals surface area contributed by atoms with E-state index in [0.717, 1.165) is 19.3 Å². The molecule has 1 saturated carbocycles. The Morgan fingerprint density at radius 1 is 1.18 bits per heavy atom. The van der Waals surface area contributed by atoms with Gasteiger partial charge in [0.15, 0.2) is 23.0 Å². The molecule has 0 saturated heterocycles. The summed E-state index contributed by atoms with van der Waals surface area (Å²) in [7, 11) is 1.40. The van der Waals surface area contributed by atoms with Crippen molar-refractivity contribution in [3.8, 4) is 11.5 Å². The van der Waals surface area contributed by atoms with Crippen molar-refractivity contribution >= 4 is 11.8 Å². The minimum absolute atomic E-state index is 0.104. The fraction of sp³-hybridized carbons (Fsp3) is 0.731. The molecule has 1 aromatic rings. The molecule has 0 amide bonds. The van der Waals surface area contributed by atoms with E-state index in [4.69, 9.17) is 14.2 Å². The molecule has 1 aliphatic carbocycles. The molecular weight excluding hydrogens is 422 g/mol. The lowest BCUT2D eigenvalue weighted by molar-refractivity contribution is -0.164. The Kier molecular flexibility index (Phi) is 10.6. The van der Waals surface area contributed by atoms with Crippen LogP contribution in [0.1, 0.15) is 83.6 Å². The molecule has 7 heteroatoms. The van der Waals surface area contributed by atoms with Crippen molar-refractivity contribution in [3.63, 3.8) is 0 Å². The van der Waals surface area contributed by atoms with Crippen LogP contribution in [0.5, 0.6) is 11.5 Å². The van der Waals surface area contributed by atoms with Crippen molar-refractivity contribution in [2.24, 2.45) is 23.7 Å². The van der Waals surface area contributed by atoms with Crippen LogP contribution in [0.4, 0.5) is 0 Å². The summed E-state index contributed by atoms with van der Waals surface area (Å²) in [5, 5.41) is 10.2. The molecule has 0 aromatic carbocycles. The molecule has 1 aromatic heterocycles. The number of pyridine rings is 1. The third-order valence-electron chi connectivity index (χ3n) is 6.36. The Bertz CT molecular complexity index is 776.